The van der Waals surface area contributed by atoms with Gasteiger partial charge in [0.15, 0.2) is 17.6 Å². The largest absolute Gasteiger partial charge is 0.493 e. The summed E-state index contributed by atoms with van der Waals surface area (Å²) in [6, 6.07) is 9.99. The number of pyridine rings is 1. The minimum absolute atomic E-state index is 0.0152. The highest BCUT2D eigenvalue weighted by Gasteiger charge is 2.49. The Labute approximate surface area is 217 Å². The van der Waals surface area contributed by atoms with E-state index < -0.39 is 30.1 Å². The van der Waals surface area contributed by atoms with Crippen molar-refractivity contribution in [2.45, 2.75) is 56.8 Å². The van der Waals surface area contributed by atoms with Crippen molar-refractivity contribution in [3.05, 3.63) is 47.7 Å². The summed E-state index contributed by atoms with van der Waals surface area (Å²) >= 11 is 0. The van der Waals surface area contributed by atoms with E-state index in [1.165, 1.54) is 23.3 Å². The molecule has 9 heteroatoms. The molecule has 1 saturated carbocycles. The van der Waals surface area contributed by atoms with Crippen LogP contribution in [0, 0.1) is 5.41 Å². The lowest BCUT2D eigenvalue weighted by Gasteiger charge is -2.40. The first kappa shape index (κ1) is 25.8. The molecule has 0 unspecified atom stereocenters. The summed E-state index contributed by atoms with van der Waals surface area (Å²) < 4.78 is 11.9. The first-order valence-corrected chi connectivity index (χ1v) is 13.0. The molecule has 0 radical (unpaired) electrons. The monoisotopic (exact) mass is 511 g/mol. The molecule has 3 N–H and O–H groups in total. The number of nitrogens with zero attached hydrogens (tertiary/aromatic N) is 3. The molecule has 2 saturated heterocycles. The predicted octanol–water partition coefficient (Wildman–Crippen LogP) is 1.90. The van der Waals surface area contributed by atoms with Gasteiger partial charge in [0, 0.05) is 30.6 Å². The lowest BCUT2D eigenvalue weighted by molar-refractivity contribution is -0.141. The number of aliphatic hydroxyl groups excluding tert-OH is 3. The molecule has 1 amide bonds. The summed E-state index contributed by atoms with van der Waals surface area (Å²) in [5.41, 5.74) is 1.60. The zero-order valence-electron chi connectivity index (χ0n) is 21.7. The van der Waals surface area contributed by atoms with Crippen LogP contribution in [0.1, 0.15) is 49.7 Å². The van der Waals surface area contributed by atoms with Crippen LogP contribution in [0.4, 0.5) is 5.82 Å². The first-order chi connectivity index (χ1) is 17.7. The molecule has 37 heavy (non-hydrogen) atoms. The van der Waals surface area contributed by atoms with Crippen molar-refractivity contribution in [2.75, 3.05) is 44.8 Å². The SMILES string of the molecule is COc1ccc([C@@H]2CN(C(=O)[C@@H](O)CO)C[C@@]2(C)[C@@H](C)O)cc1OC1CN(c2ccc(C3CC3)cn2)C1. The van der Waals surface area contributed by atoms with E-state index in [0.717, 1.165) is 24.5 Å². The first-order valence-electron chi connectivity index (χ1n) is 13.0. The topological polar surface area (TPSA) is 116 Å². The molecule has 0 bridgehead atoms. The van der Waals surface area contributed by atoms with Crippen molar-refractivity contribution in [3.63, 3.8) is 0 Å². The number of carbonyl (C=O) groups excluding carboxylic acids is 1. The maximum atomic E-state index is 12.6. The molecule has 4 atom stereocenters. The van der Waals surface area contributed by atoms with E-state index in [-0.39, 0.29) is 18.6 Å². The van der Waals surface area contributed by atoms with Gasteiger partial charge in [0.2, 0.25) is 0 Å². The lowest BCUT2D eigenvalue weighted by Crippen LogP contribution is -2.54. The third-order valence-electron chi connectivity index (χ3n) is 8.33. The van der Waals surface area contributed by atoms with Crippen LogP contribution < -0.4 is 14.4 Å². The molecule has 1 aliphatic carbocycles. The molecule has 3 aliphatic rings. The van der Waals surface area contributed by atoms with Gasteiger partial charge in [-0.1, -0.05) is 19.1 Å². The molecule has 5 rings (SSSR count). The number of likely N-dealkylation sites (tertiary alicyclic amines) is 1. The molecular weight excluding hydrogens is 474 g/mol. The second-order valence-electron chi connectivity index (χ2n) is 10.9. The van der Waals surface area contributed by atoms with Crippen LogP contribution in [0.15, 0.2) is 36.5 Å². The van der Waals surface area contributed by atoms with Crippen molar-refractivity contribution >= 4 is 11.7 Å². The van der Waals surface area contributed by atoms with E-state index in [2.05, 4.69) is 22.0 Å². The zero-order chi connectivity index (χ0) is 26.3. The number of amides is 1. The Kier molecular flexibility index (Phi) is 7.04. The minimum atomic E-state index is -1.47. The summed E-state index contributed by atoms with van der Waals surface area (Å²) in [4.78, 5) is 20.9. The number of hydrogen-bond acceptors (Lipinski definition) is 8. The highest BCUT2D eigenvalue weighted by molar-refractivity contribution is 5.81. The average molecular weight is 512 g/mol. The van der Waals surface area contributed by atoms with Gasteiger partial charge >= 0.3 is 0 Å². The molecule has 200 valence electrons. The highest BCUT2D eigenvalue weighted by atomic mass is 16.5. The second-order valence-corrected chi connectivity index (χ2v) is 10.9. The van der Waals surface area contributed by atoms with Gasteiger partial charge < -0.3 is 34.6 Å². The number of carbonyl (C=O) groups is 1. The number of ether oxygens (including phenoxy) is 2. The molecule has 3 fully saturated rings. The Morgan fingerprint density at radius 1 is 1.14 bits per heavy atom. The number of aromatic nitrogens is 1. The van der Waals surface area contributed by atoms with Crippen LogP contribution in [-0.4, -0.2) is 89.3 Å². The van der Waals surface area contributed by atoms with Gasteiger partial charge in [0.1, 0.15) is 11.9 Å². The van der Waals surface area contributed by atoms with Gasteiger partial charge in [-0.2, -0.15) is 0 Å². The maximum Gasteiger partial charge on any atom is 0.253 e. The number of anilines is 1. The third-order valence-corrected chi connectivity index (χ3v) is 8.33. The summed E-state index contributed by atoms with van der Waals surface area (Å²) in [7, 11) is 1.60. The fourth-order valence-corrected chi connectivity index (χ4v) is 5.51. The quantitative estimate of drug-likeness (QED) is 0.468. The number of aliphatic hydroxyl groups is 3. The Morgan fingerprint density at radius 2 is 1.86 bits per heavy atom. The minimum Gasteiger partial charge on any atom is -0.493 e. The van der Waals surface area contributed by atoms with Crippen LogP contribution in [0.5, 0.6) is 11.5 Å². The molecule has 1 aromatic heterocycles. The number of benzene rings is 1. The maximum absolute atomic E-state index is 12.6. The smallest absolute Gasteiger partial charge is 0.253 e. The van der Waals surface area contributed by atoms with E-state index in [9.17, 15) is 20.1 Å². The second kappa shape index (κ2) is 10.1. The normalized spacial score (nSPS) is 25.5. The van der Waals surface area contributed by atoms with Crippen LogP contribution in [0.3, 0.4) is 0 Å². The standard InChI is InChI=1S/C28H37N3O6/c1-17(33)28(2)16-31(27(35)23(34)15-32)14-22(28)19-6-8-24(36-3)25(10-19)37-21-12-30(13-21)26-9-7-20(11-29-26)18-4-5-18/h6-11,17-18,21-23,32-34H,4-5,12-16H2,1-3H3/t17-,22+,23+,28+/m1/s1. The Bertz CT molecular complexity index is 1120. The predicted molar refractivity (Wildman–Crippen MR) is 138 cm³/mol. The van der Waals surface area contributed by atoms with Gasteiger partial charge in [-0.3, -0.25) is 4.79 Å². The van der Waals surface area contributed by atoms with Crippen molar-refractivity contribution in [1.29, 1.82) is 0 Å². The van der Waals surface area contributed by atoms with Gasteiger partial charge in [-0.15, -0.1) is 0 Å². The fraction of sp³-hybridized carbons (Fsp3) is 0.571. The van der Waals surface area contributed by atoms with Gasteiger partial charge in [-0.05, 0) is 55.0 Å². The van der Waals surface area contributed by atoms with Crippen molar-refractivity contribution in [3.8, 4) is 11.5 Å². The molecule has 2 aliphatic heterocycles. The Hall–Kier alpha value is -2.88. The van der Waals surface area contributed by atoms with E-state index in [0.29, 0.717) is 24.0 Å². The summed E-state index contributed by atoms with van der Waals surface area (Å²) in [6.45, 7) is 5.07. The van der Waals surface area contributed by atoms with Crippen LogP contribution in [0.25, 0.3) is 0 Å². The van der Waals surface area contributed by atoms with E-state index >= 15 is 0 Å². The average Bonchev–Trinajstić information content (AvgIpc) is 3.67. The fourth-order valence-electron chi connectivity index (χ4n) is 5.51. The molecular formula is C28H37N3O6. The van der Waals surface area contributed by atoms with Gasteiger partial charge in [0.05, 0.1) is 32.9 Å². The van der Waals surface area contributed by atoms with E-state index in [4.69, 9.17) is 9.47 Å². The Morgan fingerprint density at radius 3 is 2.46 bits per heavy atom. The molecule has 0 spiro atoms. The molecule has 2 aromatic rings. The summed E-state index contributed by atoms with van der Waals surface area (Å²) in [6.07, 6.45) is 2.33. The van der Waals surface area contributed by atoms with E-state index in [1.807, 2.05) is 31.3 Å². The number of rotatable bonds is 9. The van der Waals surface area contributed by atoms with Crippen molar-refractivity contribution in [1.82, 2.24) is 9.88 Å². The van der Waals surface area contributed by atoms with E-state index in [1.54, 1.807) is 14.0 Å². The number of hydrogen-bond donors (Lipinski definition) is 3. The molecule has 3 heterocycles. The van der Waals surface area contributed by atoms with Crippen molar-refractivity contribution < 1.29 is 29.6 Å². The third kappa shape index (κ3) is 5.00. The summed E-state index contributed by atoms with van der Waals surface area (Å²) in [5.74, 6) is 2.16. The Balaban J connectivity index is 1.30. The van der Waals surface area contributed by atoms with Gasteiger partial charge in [0.25, 0.3) is 5.91 Å². The molecule has 1 aromatic carbocycles. The van der Waals surface area contributed by atoms with Gasteiger partial charge in [-0.25, -0.2) is 4.98 Å². The van der Waals surface area contributed by atoms with Crippen LogP contribution in [-0.2, 0) is 4.79 Å². The van der Waals surface area contributed by atoms with Crippen molar-refractivity contribution in [2.24, 2.45) is 5.41 Å². The summed E-state index contributed by atoms with van der Waals surface area (Å²) in [5, 5.41) is 29.8. The lowest BCUT2D eigenvalue weighted by atomic mass is 9.72. The van der Waals surface area contributed by atoms with Crippen LogP contribution >= 0.6 is 0 Å². The highest BCUT2D eigenvalue weighted by Crippen LogP contribution is 2.47. The molecule has 9 nitrogen and oxygen atoms in total. The van der Waals surface area contributed by atoms with Crippen LogP contribution in [0.2, 0.25) is 0 Å². The number of methoxy groups -OCH3 is 1. The zero-order valence-corrected chi connectivity index (χ0v) is 21.7.